The molecule has 0 radical (unpaired) electrons. The van der Waals surface area contributed by atoms with Crippen molar-refractivity contribution in [2.75, 3.05) is 11.9 Å². The molecule has 23 heavy (non-hydrogen) atoms. The molecule has 0 bridgehead atoms. The van der Waals surface area contributed by atoms with Crippen molar-refractivity contribution in [1.82, 2.24) is 5.32 Å². The van der Waals surface area contributed by atoms with Crippen molar-refractivity contribution < 1.29 is 9.90 Å². The molecule has 1 amide bonds. The molecule has 4 heteroatoms. The summed E-state index contributed by atoms with van der Waals surface area (Å²) in [5.41, 5.74) is 3.28. The van der Waals surface area contributed by atoms with E-state index in [4.69, 9.17) is 0 Å². The molecule has 0 aromatic heterocycles. The third-order valence-corrected chi connectivity index (χ3v) is 3.97. The fraction of sp³-hybridized carbons (Fsp3) is 0.632. The van der Waals surface area contributed by atoms with E-state index in [2.05, 4.69) is 31.4 Å². The molecule has 0 saturated heterocycles. The third-order valence-electron chi connectivity index (χ3n) is 3.97. The standard InChI is InChI=1S/C19H32N2O2/c1-13-8-7-9-17(15(13)3)21-18(23)10-14(2)20-16(12-22)11-19(4,5)6/h7-9,14,16,20,22H,10-12H2,1-6H3,(H,21,23). The van der Waals surface area contributed by atoms with Crippen LogP contribution in [0, 0.1) is 19.3 Å². The van der Waals surface area contributed by atoms with Gasteiger partial charge in [-0.3, -0.25) is 4.79 Å². The van der Waals surface area contributed by atoms with E-state index in [-0.39, 0.29) is 30.0 Å². The molecular formula is C19H32N2O2. The molecule has 0 aliphatic heterocycles. The number of hydrogen-bond acceptors (Lipinski definition) is 3. The van der Waals surface area contributed by atoms with Crippen LogP contribution in [0.3, 0.4) is 0 Å². The van der Waals surface area contributed by atoms with Crippen LogP contribution in [0.2, 0.25) is 0 Å². The van der Waals surface area contributed by atoms with E-state index in [1.165, 1.54) is 5.56 Å². The lowest BCUT2D eigenvalue weighted by molar-refractivity contribution is -0.116. The van der Waals surface area contributed by atoms with Gasteiger partial charge in [0.2, 0.25) is 5.91 Å². The molecule has 130 valence electrons. The average Bonchev–Trinajstić information content (AvgIpc) is 2.41. The van der Waals surface area contributed by atoms with Crippen LogP contribution in [-0.4, -0.2) is 29.7 Å². The van der Waals surface area contributed by atoms with Crippen LogP contribution in [0.4, 0.5) is 5.69 Å². The minimum Gasteiger partial charge on any atom is -0.395 e. The maximum Gasteiger partial charge on any atom is 0.225 e. The lowest BCUT2D eigenvalue weighted by atomic mass is 9.88. The summed E-state index contributed by atoms with van der Waals surface area (Å²) in [6.45, 7) is 12.6. The van der Waals surface area contributed by atoms with Crippen molar-refractivity contribution in [3.63, 3.8) is 0 Å². The van der Waals surface area contributed by atoms with E-state index in [0.29, 0.717) is 6.42 Å². The monoisotopic (exact) mass is 320 g/mol. The fourth-order valence-corrected chi connectivity index (χ4v) is 2.74. The Kier molecular flexibility index (Phi) is 7.23. The van der Waals surface area contributed by atoms with Crippen LogP contribution in [-0.2, 0) is 4.79 Å². The first-order valence-electron chi connectivity index (χ1n) is 8.35. The molecule has 0 aliphatic carbocycles. The summed E-state index contributed by atoms with van der Waals surface area (Å²) in [5, 5.41) is 15.8. The summed E-state index contributed by atoms with van der Waals surface area (Å²) in [7, 11) is 0. The van der Waals surface area contributed by atoms with Crippen molar-refractivity contribution in [1.29, 1.82) is 0 Å². The zero-order valence-corrected chi connectivity index (χ0v) is 15.4. The first-order valence-corrected chi connectivity index (χ1v) is 8.35. The molecule has 4 nitrogen and oxygen atoms in total. The summed E-state index contributed by atoms with van der Waals surface area (Å²) >= 11 is 0. The Hall–Kier alpha value is -1.39. The van der Waals surface area contributed by atoms with Gasteiger partial charge in [0.05, 0.1) is 6.61 Å². The number of carbonyl (C=O) groups is 1. The molecule has 0 heterocycles. The number of amides is 1. The molecule has 1 rings (SSSR count). The second-order valence-corrected chi connectivity index (χ2v) is 7.71. The number of anilines is 1. The van der Waals surface area contributed by atoms with Gasteiger partial charge in [-0.25, -0.2) is 0 Å². The van der Waals surface area contributed by atoms with Crippen molar-refractivity contribution in [3.05, 3.63) is 29.3 Å². The van der Waals surface area contributed by atoms with Crippen molar-refractivity contribution in [3.8, 4) is 0 Å². The van der Waals surface area contributed by atoms with Gasteiger partial charge < -0.3 is 15.7 Å². The van der Waals surface area contributed by atoms with Crippen LogP contribution in [0.15, 0.2) is 18.2 Å². The van der Waals surface area contributed by atoms with Crippen molar-refractivity contribution in [2.24, 2.45) is 5.41 Å². The topological polar surface area (TPSA) is 61.4 Å². The molecule has 2 atom stereocenters. The van der Waals surface area contributed by atoms with Gasteiger partial charge in [-0.1, -0.05) is 32.9 Å². The number of aryl methyl sites for hydroxylation is 1. The maximum absolute atomic E-state index is 12.2. The van der Waals surface area contributed by atoms with Gasteiger partial charge in [-0.05, 0) is 49.8 Å². The Morgan fingerprint density at radius 2 is 1.91 bits per heavy atom. The fourth-order valence-electron chi connectivity index (χ4n) is 2.74. The summed E-state index contributed by atoms with van der Waals surface area (Å²) in [6.07, 6.45) is 1.25. The number of nitrogens with one attached hydrogen (secondary N) is 2. The Morgan fingerprint density at radius 1 is 1.26 bits per heavy atom. The number of carbonyl (C=O) groups excluding carboxylic acids is 1. The Balaban J connectivity index is 2.54. The Labute approximate surface area is 140 Å². The highest BCUT2D eigenvalue weighted by Gasteiger charge is 2.20. The van der Waals surface area contributed by atoms with E-state index in [0.717, 1.165) is 17.7 Å². The van der Waals surface area contributed by atoms with Crippen LogP contribution in [0.1, 0.15) is 51.7 Å². The number of aliphatic hydroxyl groups excluding tert-OH is 1. The average molecular weight is 320 g/mol. The van der Waals surface area contributed by atoms with E-state index in [1.54, 1.807) is 0 Å². The van der Waals surface area contributed by atoms with Crippen LogP contribution < -0.4 is 10.6 Å². The lowest BCUT2D eigenvalue weighted by Gasteiger charge is -2.28. The summed E-state index contributed by atoms with van der Waals surface area (Å²) in [6, 6.07) is 5.94. The van der Waals surface area contributed by atoms with Gasteiger partial charge in [0, 0.05) is 24.2 Å². The normalized spacial score (nSPS) is 14.4. The number of hydrogen-bond donors (Lipinski definition) is 3. The Morgan fingerprint density at radius 3 is 2.48 bits per heavy atom. The quantitative estimate of drug-likeness (QED) is 0.721. The molecule has 1 aromatic rings. The Bertz CT molecular complexity index is 521. The SMILES string of the molecule is Cc1cccc(NC(=O)CC(C)NC(CO)CC(C)(C)C)c1C. The van der Waals surface area contributed by atoms with Crippen LogP contribution in [0.25, 0.3) is 0 Å². The molecule has 0 spiro atoms. The first-order chi connectivity index (χ1) is 10.6. The van der Waals surface area contributed by atoms with Gasteiger partial charge in [-0.2, -0.15) is 0 Å². The smallest absolute Gasteiger partial charge is 0.225 e. The molecule has 3 N–H and O–H groups in total. The third kappa shape index (κ3) is 7.14. The lowest BCUT2D eigenvalue weighted by Crippen LogP contribution is -2.42. The highest BCUT2D eigenvalue weighted by atomic mass is 16.3. The number of benzene rings is 1. The highest BCUT2D eigenvalue weighted by Crippen LogP contribution is 2.21. The minimum absolute atomic E-state index is 0.00820. The second-order valence-electron chi connectivity index (χ2n) is 7.71. The van der Waals surface area contributed by atoms with Crippen LogP contribution >= 0.6 is 0 Å². The zero-order valence-electron chi connectivity index (χ0n) is 15.4. The van der Waals surface area contributed by atoms with E-state index in [9.17, 15) is 9.90 Å². The van der Waals surface area contributed by atoms with Crippen molar-refractivity contribution >= 4 is 11.6 Å². The van der Waals surface area contributed by atoms with Gasteiger partial charge in [0.1, 0.15) is 0 Å². The summed E-state index contributed by atoms with van der Waals surface area (Å²) in [5.74, 6) is -0.00820. The zero-order chi connectivity index (χ0) is 17.6. The van der Waals surface area contributed by atoms with E-state index < -0.39 is 0 Å². The van der Waals surface area contributed by atoms with E-state index >= 15 is 0 Å². The predicted octanol–water partition coefficient (Wildman–Crippen LogP) is 3.41. The van der Waals surface area contributed by atoms with Gasteiger partial charge >= 0.3 is 0 Å². The summed E-state index contributed by atoms with van der Waals surface area (Å²) < 4.78 is 0. The molecule has 2 unspecified atom stereocenters. The number of rotatable bonds is 7. The first kappa shape index (κ1) is 19.7. The largest absolute Gasteiger partial charge is 0.395 e. The van der Waals surface area contributed by atoms with Gasteiger partial charge in [0.15, 0.2) is 0 Å². The maximum atomic E-state index is 12.2. The van der Waals surface area contributed by atoms with Gasteiger partial charge in [0.25, 0.3) is 0 Å². The van der Waals surface area contributed by atoms with Crippen molar-refractivity contribution in [2.45, 2.75) is 66.5 Å². The molecule has 0 saturated carbocycles. The predicted molar refractivity (Wildman–Crippen MR) is 96.7 cm³/mol. The van der Waals surface area contributed by atoms with E-state index in [1.807, 2.05) is 39.0 Å². The molecular weight excluding hydrogens is 288 g/mol. The molecule has 0 fully saturated rings. The minimum atomic E-state index is -0.00820. The number of aliphatic hydroxyl groups is 1. The second kappa shape index (κ2) is 8.46. The summed E-state index contributed by atoms with van der Waals surface area (Å²) in [4.78, 5) is 12.2. The molecule has 1 aromatic carbocycles. The van der Waals surface area contributed by atoms with Gasteiger partial charge in [-0.15, -0.1) is 0 Å². The van der Waals surface area contributed by atoms with Crippen LogP contribution in [0.5, 0.6) is 0 Å². The molecule has 0 aliphatic rings. The highest BCUT2D eigenvalue weighted by molar-refractivity contribution is 5.92.